The molecule has 0 amide bonds. The van der Waals surface area contributed by atoms with Crippen LogP contribution < -0.4 is 19.7 Å². The summed E-state index contributed by atoms with van der Waals surface area (Å²) in [5, 5.41) is 23.7. The molecule has 298 valence electrons. The molecule has 0 bridgehead atoms. The third-order valence-electron chi connectivity index (χ3n) is 9.20. The first kappa shape index (κ1) is 43.1. The Balaban J connectivity index is 0.000000216. The van der Waals surface area contributed by atoms with Crippen molar-refractivity contribution in [3.8, 4) is 11.5 Å². The topological polar surface area (TPSA) is 148 Å². The average molecular weight is 881 g/mol. The van der Waals surface area contributed by atoms with Gasteiger partial charge < -0.3 is 20.4 Å². The fourth-order valence-electron chi connectivity index (χ4n) is 6.68. The minimum atomic E-state index is -4.13. The van der Waals surface area contributed by atoms with E-state index in [9.17, 15) is 27.0 Å². The molecule has 1 aliphatic rings. The number of nitrogens with one attached hydrogen (secondary N) is 3. The van der Waals surface area contributed by atoms with Gasteiger partial charge in [-0.25, -0.2) is 16.8 Å². The summed E-state index contributed by atoms with van der Waals surface area (Å²) in [4.78, 5) is 1.46. The van der Waals surface area contributed by atoms with Gasteiger partial charge in [0.2, 0.25) is 0 Å². The molecule has 56 heavy (non-hydrogen) atoms. The van der Waals surface area contributed by atoms with Crippen molar-refractivity contribution in [1.29, 1.82) is 0 Å². The molecule has 0 aromatic heterocycles. The van der Waals surface area contributed by atoms with Crippen LogP contribution in [0.5, 0.6) is 11.5 Å². The van der Waals surface area contributed by atoms with Crippen molar-refractivity contribution in [2.24, 2.45) is 0 Å². The van der Waals surface area contributed by atoms with Crippen LogP contribution >= 0.6 is 46.4 Å². The first-order chi connectivity index (χ1) is 26.3. The predicted molar refractivity (Wildman–Crippen MR) is 230 cm³/mol. The monoisotopic (exact) mass is 878 g/mol. The Morgan fingerprint density at radius 1 is 0.643 bits per heavy atom. The van der Waals surface area contributed by atoms with E-state index in [-0.39, 0.29) is 29.9 Å². The fourth-order valence-corrected chi connectivity index (χ4v) is 10.5. The van der Waals surface area contributed by atoms with Crippen LogP contribution in [0.4, 0.5) is 22.7 Å². The maximum atomic E-state index is 13.0. The second-order valence-corrected chi connectivity index (χ2v) is 18.6. The maximum Gasteiger partial charge on any atom is 0.265 e. The molecule has 1 fully saturated rings. The molecule has 0 saturated carbocycles. The van der Waals surface area contributed by atoms with Crippen molar-refractivity contribution >= 4 is 89.2 Å². The fraction of sp³-hybridized carbons (Fsp3) is 0.250. The normalized spacial score (nSPS) is 12.9. The van der Waals surface area contributed by atoms with E-state index in [0.29, 0.717) is 17.9 Å². The molecule has 5 N–H and O–H groups in total. The Morgan fingerprint density at radius 2 is 1.16 bits per heavy atom. The van der Waals surface area contributed by atoms with E-state index >= 15 is 0 Å². The minimum absolute atomic E-state index is 0.112. The van der Waals surface area contributed by atoms with Gasteiger partial charge in [0, 0.05) is 35.4 Å². The number of anilines is 4. The molecule has 5 aromatic rings. The molecule has 0 spiro atoms. The Hall–Kier alpha value is -4.04. The highest BCUT2D eigenvalue weighted by molar-refractivity contribution is 7.93. The van der Waals surface area contributed by atoms with Gasteiger partial charge in [0.05, 0.1) is 27.1 Å². The van der Waals surface area contributed by atoms with Gasteiger partial charge in [-0.05, 0) is 111 Å². The van der Waals surface area contributed by atoms with Crippen LogP contribution in [-0.2, 0) is 26.6 Å². The number of aromatic hydroxyl groups is 2. The van der Waals surface area contributed by atoms with E-state index in [2.05, 4.69) is 19.7 Å². The Labute approximate surface area is 348 Å². The number of nitrogens with zero attached hydrogens (tertiary/aromatic N) is 1. The molecule has 6 rings (SSSR count). The Morgan fingerprint density at radius 3 is 1.71 bits per heavy atom. The zero-order valence-electron chi connectivity index (χ0n) is 31.3. The van der Waals surface area contributed by atoms with Crippen LogP contribution in [0.2, 0.25) is 20.1 Å². The van der Waals surface area contributed by atoms with Crippen LogP contribution in [-0.4, -0.2) is 40.1 Å². The standard InChI is InChI=1S/C22H22Cl2N2O3S.C18H20Cl2N2O3S/c1-13-9-14(2)21(15(3)20(13)25-12-16-7-5-4-6-8-16)26-30(28,29)19-11-17(23)10-18(24)22(19)27;1-11-7-12(2)17(22-5-3-4-6-22)15(8-11)21-26(24,25)16-10-13(19)9-14(20)18(16)23/h4-11,25-27H,12H2,1-3H3;7-10,21,23H,3-6H2,1-2H3. The molecule has 1 heterocycles. The molecule has 10 nitrogen and oxygen atoms in total. The van der Waals surface area contributed by atoms with E-state index in [0.717, 1.165) is 70.7 Å². The first-order valence-corrected chi connectivity index (χ1v) is 21.9. The number of sulfonamides is 2. The third-order valence-corrected chi connectivity index (χ3v) is 13.0. The molecule has 16 heteroatoms. The van der Waals surface area contributed by atoms with Gasteiger partial charge in [0.15, 0.2) is 11.5 Å². The molecule has 1 saturated heterocycles. The highest BCUT2D eigenvalue weighted by atomic mass is 35.5. The lowest BCUT2D eigenvalue weighted by Gasteiger charge is -2.25. The highest BCUT2D eigenvalue weighted by Gasteiger charge is 2.27. The number of phenols is 2. The zero-order valence-corrected chi connectivity index (χ0v) is 35.9. The van der Waals surface area contributed by atoms with Crippen molar-refractivity contribution in [3.05, 3.63) is 126 Å². The summed E-state index contributed by atoms with van der Waals surface area (Å²) in [6.45, 7) is 11.9. The summed E-state index contributed by atoms with van der Waals surface area (Å²) >= 11 is 23.6. The molecule has 1 aliphatic heterocycles. The smallest absolute Gasteiger partial charge is 0.265 e. The summed E-state index contributed by atoms with van der Waals surface area (Å²) in [5.41, 5.74) is 8.18. The number of phenolic OH excluding ortho intramolecular Hbond substituents is 2. The first-order valence-electron chi connectivity index (χ1n) is 17.5. The molecular formula is C40H42Cl4N4O6S2. The van der Waals surface area contributed by atoms with Gasteiger partial charge in [0.1, 0.15) is 9.79 Å². The van der Waals surface area contributed by atoms with E-state index in [1.54, 1.807) is 6.07 Å². The molecule has 0 unspecified atom stereocenters. The van der Waals surface area contributed by atoms with Gasteiger partial charge in [-0.15, -0.1) is 0 Å². The summed E-state index contributed by atoms with van der Waals surface area (Å²) in [5.74, 6) is -1.06. The van der Waals surface area contributed by atoms with Crippen LogP contribution in [0.25, 0.3) is 0 Å². The molecule has 5 aromatic carbocycles. The molecule has 0 aliphatic carbocycles. The lowest BCUT2D eigenvalue weighted by Crippen LogP contribution is -2.22. The Bertz CT molecular complexity index is 2500. The quantitative estimate of drug-likeness (QED) is 0.0931. The van der Waals surface area contributed by atoms with Crippen molar-refractivity contribution in [3.63, 3.8) is 0 Å². The molecule has 0 radical (unpaired) electrons. The van der Waals surface area contributed by atoms with Crippen molar-refractivity contribution < 1.29 is 27.0 Å². The average Bonchev–Trinajstić information content (AvgIpc) is 3.64. The summed E-state index contributed by atoms with van der Waals surface area (Å²) < 4.78 is 57.0. The van der Waals surface area contributed by atoms with Crippen molar-refractivity contribution in [2.45, 2.75) is 63.8 Å². The third kappa shape index (κ3) is 9.90. The van der Waals surface area contributed by atoms with Crippen molar-refractivity contribution in [1.82, 2.24) is 0 Å². The van der Waals surface area contributed by atoms with E-state index in [4.69, 9.17) is 46.4 Å². The number of hydrogen-bond acceptors (Lipinski definition) is 8. The second kappa shape index (κ2) is 17.6. The second-order valence-electron chi connectivity index (χ2n) is 13.6. The van der Waals surface area contributed by atoms with E-state index in [1.807, 2.05) is 77.1 Å². The van der Waals surface area contributed by atoms with Gasteiger partial charge in [-0.1, -0.05) is 88.9 Å². The number of rotatable bonds is 10. The van der Waals surface area contributed by atoms with Crippen LogP contribution in [0.1, 0.15) is 46.2 Å². The number of halogens is 4. The van der Waals surface area contributed by atoms with Crippen LogP contribution in [0, 0.1) is 34.6 Å². The molecule has 0 atom stereocenters. The van der Waals surface area contributed by atoms with Gasteiger partial charge in [-0.2, -0.15) is 0 Å². The maximum absolute atomic E-state index is 13.0. The zero-order chi connectivity index (χ0) is 41.1. The van der Waals surface area contributed by atoms with Gasteiger partial charge in [0.25, 0.3) is 20.0 Å². The van der Waals surface area contributed by atoms with Crippen LogP contribution in [0.15, 0.2) is 82.6 Å². The van der Waals surface area contributed by atoms with Crippen LogP contribution in [0.3, 0.4) is 0 Å². The van der Waals surface area contributed by atoms with E-state index < -0.39 is 31.5 Å². The number of aryl methyl sites for hydroxylation is 4. The Kier molecular flexibility index (Phi) is 13.6. The summed E-state index contributed by atoms with van der Waals surface area (Å²) in [7, 11) is -8.20. The number of hydrogen-bond donors (Lipinski definition) is 5. The largest absolute Gasteiger partial charge is 0.505 e. The van der Waals surface area contributed by atoms with E-state index in [1.165, 1.54) is 24.3 Å². The lowest BCUT2D eigenvalue weighted by atomic mass is 10.0. The summed E-state index contributed by atoms with van der Waals surface area (Å²) in [6, 6.07) is 20.6. The summed E-state index contributed by atoms with van der Waals surface area (Å²) in [6.07, 6.45) is 2.15. The highest BCUT2D eigenvalue weighted by Crippen LogP contribution is 2.40. The minimum Gasteiger partial charge on any atom is -0.505 e. The van der Waals surface area contributed by atoms with Gasteiger partial charge >= 0.3 is 0 Å². The SMILES string of the molecule is Cc1cc(C)c(N2CCCC2)c(NS(=O)(=O)c2cc(Cl)cc(Cl)c2O)c1.Cc1cc(C)c(NS(=O)(=O)c2cc(Cl)cc(Cl)c2O)c(C)c1NCc1ccccc1. The molecular weight excluding hydrogens is 838 g/mol. The number of benzene rings is 5. The lowest BCUT2D eigenvalue weighted by molar-refractivity contribution is 0.458. The predicted octanol–water partition coefficient (Wildman–Crippen LogP) is 10.8. The van der Waals surface area contributed by atoms with Crippen molar-refractivity contribution in [2.75, 3.05) is 32.8 Å². The van der Waals surface area contributed by atoms with Gasteiger partial charge in [-0.3, -0.25) is 9.44 Å².